The Morgan fingerprint density at radius 1 is 1.27 bits per heavy atom. The average molecular weight is 346 g/mol. The molecule has 1 aromatic carbocycles. The van der Waals surface area contributed by atoms with Crippen LogP contribution in [-0.2, 0) is 14.8 Å². The van der Waals surface area contributed by atoms with Gasteiger partial charge in [0.05, 0.1) is 10.9 Å². The molecule has 0 radical (unpaired) electrons. The quantitative estimate of drug-likeness (QED) is 0.739. The van der Waals surface area contributed by atoms with Crippen molar-refractivity contribution in [2.75, 3.05) is 13.1 Å². The zero-order valence-electron chi connectivity index (χ0n) is 12.3. The van der Waals surface area contributed by atoms with Gasteiger partial charge in [0, 0.05) is 11.1 Å². The average Bonchev–Trinajstić information content (AvgIpc) is 2.48. The highest BCUT2D eigenvalue weighted by molar-refractivity contribution is 7.89. The molecule has 1 fully saturated rings. The van der Waals surface area contributed by atoms with E-state index in [1.54, 1.807) is 0 Å². The molecule has 8 heteroatoms. The van der Waals surface area contributed by atoms with Gasteiger partial charge in [-0.1, -0.05) is 11.6 Å². The van der Waals surface area contributed by atoms with Crippen molar-refractivity contribution in [3.05, 3.63) is 29.3 Å². The maximum Gasteiger partial charge on any atom is 0.241 e. The topological polar surface area (TPSA) is 87.3 Å². The van der Waals surface area contributed by atoms with Crippen LogP contribution in [0.5, 0.6) is 0 Å². The van der Waals surface area contributed by atoms with Gasteiger partial charge in [0.1, 0.15) is 0 Å². The molecule has 0 bridgehead atoms. The standard InChI is InChI=1S/C14H20ClN3O3S/c1-10(14(19)17-12-6-8-16-9-7-12)18-22(20,21)13-4-2-11(15)3-5-13/h2-5,10,12,16,18H,6-9H2,1H3,(H,17,19). The van der Waals surface area contributed by atoms with E-state index in [9.17, 15) is 13.2 Å². The first kappa shape index (κ1) is 17.2. The minimum absolute atomic E-state index is 0.0819. The summed E-state index contributed by atoms with van der Waals surface area (Å²) in [6, 6.07) is 5.06. The second-order valence-corrected chi connectivity index (χ2v) is 7.48. The maximum absolute atomic E-state index is 12.2. The first-order valence-electron chi connectivity index (χ1n) is 7.17. The van der Waals surface area contributed by atoms with Crippen LogP contribution >= 0.6 is 11.6 Å². The Hall–Kier alpha value is -1.15. The van der Waals surface area contributed by atoms with E-state index in [1.807, 2.05) is 0 Å². The molecule has 3 N–H and O–H groups in total. The van der Waals surface area contributed by atoms with Crippen molar-refractivity contribution in [3.8, 4) is 0 Å². The van der Waals surface area contributed by atoms with Crippen LogP contribution in [0, 0.1) is 0 Å². The number of carbonyl (C=O) groups excluding carboxylic acids is 1. The van der Waals surface area contributed by atoms with Crippen molar-refractivity contribution in [2.24, 2.45) is 0 Å². The second-order valence-electron chi connectivity index (χ2n) is 5.33. The van der Waals surface area contributed by atoms with Crippen LogP contribution < -0.4 is 15.4 Å². The van der Waals surface area contributed by atoms with E-state index in [1.165, 1.54) is 31.2 Å². The highest BCUT2D eigenvalue weighted by Crippen LogP contribution is 2.14. The molecule has 0 saturated carbocycles. The van der Waals surface area contributed by atoms with Crippen LogP contribution in [0.25, 0.3) is 0 Å². The van der Waals surface area contributed by atoms with E-state index in [0.717, 1.165) is 25.9 Å². The smallest absolute Gasteiger partial charge is 0.241 e. The monoisotopic (exact) mass is 345 g/mol. The molecular weight excluding hydrogens is 326 g/mol. The van der Waals surface area contributed by atoms with E-state index in [2.05, 4.69) is 15.4 Å². The molecule has 1 amide bonds. The van der Waals surface area contributed by atoms with Gasteiger partial charge in [-0.05, 0) is 57.1 Å². The van der Waals surface area contributed by atoms with Crippen molar-refractivity contribution in [2.45, 2.75) is 36.7 Å². The molecule has 1 aromatic rings. The van der Waals surface area contributed by atoms with Gasteiger partial charge in [0.15, 0.2) is 0 Å². The number of carbonyl (C=O) groups is 1. The first-order valence-corrected chi connectivity index (χ1v) is 9.03. The molecule has 0 spiro atoms. The number of halogens is 1. The van der Waals surface area contributed by atoms with Crippen LogP contribution in [-0.4, -0.2) is 39.5 Å². The predicted octanol–water partition coefficient (Wildman–Crippen LogP) is 0.875. The van der Waals surface area contributed by atoms with Crippen molar-refractivity contribution in [1.29, 1.82) is 0 Å². The number of piperidine rings is 1. The Bertz CT molecular complexity index is 613. The molecule has 2 rings (SSSR count). The minimum atomic E-state index is -3.74. The van der Waals surface area contributed by atoms with Gasteiger partial charge in [-0.2, -0.15) is 4.72 Å². The zero-order chi connectivity index (χ0) is 16.2. The molecule has 1 saturated heterocycles. The predicted molar refractivity (Wildman–Crippen MR) is 85.3 cm³/mol. The third-order valence-electron chi connectivity index (χ3n) is 3.53. The largest absolute Gasteiger partial charge is 0.352 e. The number of amides is 1. The molecule has 0 aromatic heterocycles. The molecule has 122 valence electrons. The molecule has 22 heavy (non-hydrogen) atoms. The third-order valence-corrected chi connectivity index (χ3v) is 5.34. The summed E-state index contributed by atoms with van der Waals surface area (Å²) in [6.45, 7) is 3.25. The third kappa shape index (κ3) is 4.67. The van der Waals surface area contributed by atoms with Gasteiger partial charge >= 0.3 is 0 Å². The summed E-state index contributed by atoms with van der Waals surface area (Å²) >= 11 is 5.74. The van der Waals surface area contributed by atoms with E-state index < -0.39 is 16.1 Å². The van der Waals surface area contributed by atoms with Crippen molar-refractivity contribution >= 4 is 27.5 Å². The fourth-order valence-electron chi connectivity index (χ4n) is 2.26. The van der Waals surface area contributed by atoms with Crippen LogP contribution in [0.4, 0.5) is 0 Å². The minimum Gasteiger partial charge on any atom is -0.352 e. The number of sulfonamides is 1. The molecule has 0 aliphatic carbocycles. The van der Waals surface area contributed by atoms with Crippen molar-refractivity contribution in [1.82, 2.24) is 15.4 Å². The lowest BCUT2D eigenvalue weighted by atomic mass is 10.1. The first-order chi connectivity index (χ1) is 10.4. The fourth-order valence-corrected chi connectivity index (χ4v) is 3.59. The zero-order valence-corrected chi connectivity index (χ0v) is 13.9. The summed E-state index contributed by atoms with van der Waals surface area (Å²) in [6.07, 6.45) is 1.70. The van der Waals surface area contributed by atoms with Crippen LogP contribution in [0.3, 0.4) is 0 Å². The molecule has 1 atom stereocenters. The van der Waals surface area contributed by atoms with Crippen molar-refractivity contribution in [3.63, 3.8) is 0 Å². The lowest BCUT2D eigenvalue weighted by Crippen LogP contribution is -2.50. The van der Waals surface area contributed by atoms with E-state index in [-0.39, 0.29) is 16.8 Å². The van der Waals surface area contributed by atoms with Gasteiger partial charge in [-0.15, -0.1) is 0 Å². The number of hydrogen-bond donors (Lipinski definition) is 3. The number of benzene rings is 1. The lowest BCUT2D eigenvalue weighted by molar-refractivity contribution is -0.123. The summed E-state index contributed by atoms with van der Waals surface area (Å²) in [5, 5.41) is 6.54. The molecular formula is C14H20ClN3O3S. The molecule has 1 heterocycles. The Labute approximate surface area is 135 Å². The van der Waals surface area contributed by atoms with Gasteiger partial charge in [0.25, 0.3) is 0 Å². The summed E-state index contributed by atoms with van der Waals surface area (Å²) in [5.41, 5.74) is 0. The maximum atomic E-state index is 12.2. The Morgan fingerprint density at radius 2 is 1.86 bits per heavy atom. The SMILES string of the molecule is CC(NS(=O)(=O)c1ccc(Cl)cc1)C(=O)NC1CCNCC1. The van der Waals surface area contributed by atoms with Gasteiger partial charge in [-0.25, -0.2) is 8.42 Å². The summed E-state index contributed by atoms with van der Waals surface area (Å²) in [4.78, 5) is 12.2. The number of hydrogen-bond acceptors (Lipinski definition) is 4. The molecule has 1 unspecified atom stereocenters. The Balaban J connectivity index is 1.95. The van der Waals surface area contributed by atoms with E-state index >= 15 is 0 Å². The highest BCUT2D eigenvalue weighted by atomic mass is 35.5. The molecule has 1 aliphatic rings. The van der Waals surface area contributed by atoms with Gasteiger partial charge < -0.3 is 10.6 Å². The normalized spacial score (nSPS) is 17.9. The number of nitrogens with one attached hydrogen (secondary N) is 3. The fraction of sp³-hybridized carbons (Fsp3) is 0.500. The van der Waals surface area contributed by atoms with Crippen LogP contribution in [0.1, 0.15) is 19.8 Å². The number of rotatable bonds is 5. The Morgan fingerprint density at radius 3 is 2.45 bits per heavy atom. The molecule has 6 nitrogen and oxygen atoms in total. The summed E-state index contributed by atoms with van der Waals surface area (Å²) in [7, 11) is -3.74. The van der Waals surface area contributed by atoms with Crippen molar-refractivity contribution < 1.29 is 13.2 Å². The lowest BCUT2D eigenvalue weighted by Gasteiger charge is -2.25. The molecule has 1 aliphatic heterocycles. The van der Waals surface area contributed by atoms with Crippen LogP contribution in [0.15, 0.2) is 29.2 Å². The Kier molecular flexibility index (Phi) is 5.80. The van der Waals surface area contributed by atoms with E-state index in [4.69, 9.17) is 11.6 Å². The summed E-state index contributed by atoms with van der Waals surface area (Å²) < 4.78 is 26.8. The van der Waals surface area contributed by atoms with Gasteiger partial charge in [0.2, 0.25) is 15.9 Å². The highest BCUT2D eigenvalue weighted by Gasteiger charge is 2.24. The second kappa shape index (κ2) is 7.41. The van der Waals surface area contributed by atoms with Crippen LogP contribution in [0.2, 0.25) is 5.02 Å². The van der Waals surface area contributed by atoms with E-state index in [0.29, 0.717) is 5.02 Å². The van der Waals surface area contributed by atoms with Gasteiger partial charge in [-0.3, -0.25) is 4.79 Å². The summed E-state index contributed by atoms with van der Waals surface area (Å²) in [5.74, 6) is -0.315.